The molecule has 0 aliphatic carbocycles. The van der Waals surface area contributed by atoms with Gasteiger partial charge < -0.3 is 25.8 Å². The minimum absolute atomic E-state index is 0.0860. The summed E-state index contributed by atoms with van der Waals surface area (Å²) in [5.74, 6) is 0. The summed E-state index contributed by atoms with van der Waals surface area (Å²) in [4.78, 5) is 21.6. The van der Waals surface area contributed by atoms with Crippen molar-refractivity contribution in [2.75, 3.05) is 6.61 Å². The first kappa shape index (κ1) is 11.9. The van der Waals surface area contributed by atoms with Gasteiger partial charge in [0.05, 0.1) is 6.61 Å². The molecule has 0 aromatic carbocycles. The molecule has 1 aliphatic rings. The van der Waals surface area contributed by atoms with E-state index in [0.29, 0.717) is 4.90 Å². The molecule has 8 heteroatoms. The fourth-order valence-corrected chi connectivity index (χ4v) is 1.35. The van der Waals surface area contributed by atoms with Crippen molar-refractivity contribution < 1.29 is 29.6 Å². The topological polar surface area (TPSA) is 133 Å². The van der Waals surface area contributed by atoms with Crippen LogP contribution in [0.15, 0.2) is 0 Å². The highest BCUT2D eigenvalue weighted by Crippen LogP contribution is 2.22. The monoisotopic (exact) mass is 220 g/mol. The molecule has 0 aromatic rings. The van der Waals surface area contributed by atoms with Crippen LogP contribution >= 0.6 is 0 Å². The van der Waals surface area contributed by atoms with Gasteiger partial charge >= 0.3 is 6.03 Å². The van der Waals surface area contributed by atoms with Crippen molar-refractivity contribution in [2.45, 2.75) is 24.5 Å². The summed E-state index contributed by atoms with van der Waals surface area (Å²) < 4.78 is 4.89. The predicted molar refractivity (Wildman–Crippen MR) is 45.2 cm³/mol. The maximum absolute atomic E-state index is 10.7. The smallest absolute Gasteiger partial charge is 0.323 e. The lowest BCUT2D eigenvalue weighted by atomic mass is 10.1. The molecule has 1 saturated heterocycles. The number of amides is 3. The maximum Gasteiger partial charge on any atom is 0.323 e. The zero-order valence-corrected chi connectivity index (χ0v) is 7.68. The Morgan fingerprint density at radius 1 is 1.47 bits per heavy atom. The molecular weight excluding hydrogens is 208 g/mol. The van der Waals surface area contributed by atoms with Gasteiger partial charge in [-0.05, 0) is 0 Å². The number of aliphatic hydroxyl groups excluding tert-OH is 3. The molecule has 3 amide bonds. The molecule has 0 spiro atoms. The average molecular weight is 220 g/mol. The summed E-state index contributed by atoms with van der Waals surface area (Å²) in [5.41, 5.74) is 4.84. The Hall–Kier alpha value is -1.22. The minimum Gasteiger partial charge on any atom is -0.394 e. The standard InChI is InChI=1S/C7H12N2O6/c8-7(14)9(2-11)6-5(13)4(12)3(1-10)15-6/h2-6,10,12-13H,1H2,(H2,8,14)/t3-,4-,5+,6-/m1/s1. The Morgan fingerprint density at radius 3 is 2.40 bits per heavy atom. The second-order valence-corrected chi connectivity index (χ2v) is 3.08. The van der Waals surface area contributed by atoms with Gasteiger partial charge in [0, 0.05) is 0 Å². The number of nitrogens with zero attached hydrogens (tertiary/aromatic N) is 1. The van der Waals surface area contributed by atoms with E-state index in [-0.39, 0.29) is 6.41 Å². The van der Waals surface area contributed by atoms with Crippen LogP contribution in [0.25, 0.3) is 0 Å². The fraction of sp³-hybridized carbons (Fsp3) is 0.714. The molecule has 0 aromatic heterocycles. The van der Waals surface area contributed by atoms with E-state index in [0.717, 1.165) is 0 Å². The lowest BCUT2D eigenvalue weighted by Crippen LogP contribution is -2.48. The number of carbonyl (C=O) groups is 2. The lowest BCUT2D eigenvalue weighted by molar-refractivity contribution is -0.131. The van der Waals surface area contributed by atoms with Crippen LogP contribution in [0.2, 0.25) is 0 Å². The molecule has 4 atom stereocenters. The highest BCUT2D eigenvalue weighted by atomic mass is 16.6. The molecule has 5 N–H and O–H groups in total. The third kappa shape index (κ3) is 2.07. The van der Waals surface area contributed by atoms with Gasteiger partial charge in [-0.2, -0.15) is 0 Å². The Kier molecular flexibility index (Phi) is 3.58. The molecule has 1 heterocycles. The first-order valence-corrected chi connectivity index (χ1v) is 4.18. The van der Waals surface area contributed by atoms with E-state index in [1.807, 2.05) is 0 Å². The van der Waals surface area contributed by atoms with Crippen LogP contribution in [0.4, 0.5) is 4.79 Å². The van der Waals surface area contributed by atoms with Crippen molar-refractivity contribution in [3.8, 4) is 0 Å². The van der Waals surface area contributed by atoms with E-state index < -0.39 is 37.2 Å². The number of urea groups is 1. The number of primary amides is 1. The van der Waals surface area contributed by atoms with Crippen LogP contribution in [-0.4, -0.2) is 63.8 Å². The van der Waals surface area contributed by atoms with Crippen molar-refractivity contribution >= 4 is 12.4 Å². The van der Waals surface area contributed by atoms with Gasteiger partial charge in [0.2, 0.25) is 6.41 Å². The predicted octanol–water partition coefficient (Wildman–Crippen LogP) is -3.04. The summed E-state index contributed by atoms with van der Waals surface area (Å²) in [5, 5.41) is 27.5. The van der Waals surface area contributed by atoms with Gasteiger partial charge in [-0.15, -0.1) is 0 Å². The number of hydrogen-bond donors (Lipinski definition) is 4. The van der Waals surface area contributed by atoms with Gasteiger partial charge in [-0.25, -0.2) is 9.69 Å². The molecule has 0 bridgehead atoms. The highest BCUT2D eigenvalue weighted by Gasteiger charge is 2.46. The Balaban J connectivity index is 2.79. The quantitative estimate of drug-likeness (QED) is 0.374. The van der Waals surface area contributed by atoms with Crippen LogP contribution < -0.4 is 5.73 Å². The number of carbonyl (C=O) groups excluding carboxylic acids is 2. The van der Waals surface area contributed by atoms with Gasteiger partial charge in [-0.1, -0.05) is 0 Å². The minimum atomic E-state index is -1.49. The van der Waals surface area contributed by atoms with E-state index in [1.54, 1.807) is 0 Å². The summed E-state index contributed by atoms with van der Waals surface area (Å²) >= 11 is 0. The first-order chi connectivity index (χ1) is 7.02. The third-order valence-corrected chi connectivity index (χ3v) is 2.16. The fourth-order valence-electron chi connectivity index (χ4n) is 1.35. The lowest BCUT2D eigenvalue weighted by Gasteiger charge is -2.22. The Labute approximate surface area is 84.8 Å². The number of imide groups is 1. The molecule has 0 saturated carbocycles. The number of nitrogens with two attached hydrogens (primary N) is 1. The normalized spacial score (nSPS) is 35.1. The van der Waals surface area contributed by atoms with Crippen molar-refractivity contribution in [3.05, 3.63) is 0 Å². The molecular formula is C7H12N2O6. The summed E-state index contributed by atoms with van der Waals surface area (Å²) in [6, 6.07) is -1.11. The number of rotatable bonds is 3. The molecule has 86 valence electrons. The molecule has 1 aliphatic heterocycles. The molecule has 8 nitrogen and oxygen atoms in total. The average Bonchev–Trinajstić information content (AvgIpc) is 2.46. The molecule has 1 rings (SSSR count). The van der Waals surface area contributed by atoms with Gasteiger partial charge in [0.1, 0.15) is 18.3 Å². The van der Waals surface area contributed by atoms with Crippen LogP contribution in [0.5, 0.6) is 0 Å². The van der Waals surface area contributed by atoms with Gasteiger partial charge in [0.15, 0.2) is 6.23 Å². The van der Waals surface area contributed by atoms with Crippen LogP contribution in [0.3, 0.4) is 0 Å². The largest absolute Gasteiger partial charge is 0.394 e. The second-order valence-electron chi connectivity index (χ2n) is 3.08. The summed E-state index contributed by atoms with van der Waals surface area (Å²) in [6.07, 6.45) is -5.19. The zero-order chi connectivity index (χ0) is 11.6. The van der Waals surface area contributed by atoms with Crippen molar-refractivity contribution in [1.82, 2.24) is 4.90 Å². The van der Waals surface area contributed by atoms with E-state index in [9.17, 15) is 19.8 Å². The summed E-state index contributed by atoms with van der Waals surface area (Å²) in [7, 11) is 0. The van der Waals surface area contributed by atoms with E-state index in [1.165, 1.54) is 0 Å². The van der Waals surface area contributed by atoms with Crippen LogP contribution in [0, 0.1) is 0 Å². The van der Waals surface area contributed by atoms with E-state index in [4.69, 9.17) is 15.6 Å². The summed E-state index contributed by atoms with van der Waals surface area (Å²) in [6.45, 7) is -0.541. The van der Waals surface area contributed by atoms with Crippen LogP contribution in [0.1, 0.15) is 0 Å². The highest BCUT2D eigenvalue weighted by molar-refractivity contribution is 5.83. The number of aliphatic hydroxyl groups is 3. The number of ether oxygens (including phenoxy) is 1. The zero-order valence-electron chi connectivity index (χ0n) is 7.68. The molecule has 0 unspecified atom stereocenters. The second kappa shape index (κ2) is 4.53. The molecule has 15 heavy (non-hydrogen) atoms. The first-order valence-electron chi connectivity index (χ1n) is 4.18. The van der Waals surface area contributed by atoms with E-state index >= 15 is 0 Å². The van der Waals surface area contributed by atoms with Gasteiger partial charge in [-0.3, -0.25) is 4.79 Å². The Bertz CT molecular complexity index is 260. The van der Waals surface area contributed by atoms with Crippen molar-refractivity contribution in [1.29, 1.82) is 0 Å². The maximum atomic E-state index is 10.7. The Morgan fingerprint density at radius 2 is 2.07 bits per heavy atom. The third-order valence-electron chi connectivity index (χ3n) is 2.16. The van der Waals surface area contributed by atoms with E-state index in [2.05, 4.69) is 0 Å². The van der Waals surface area contributed by atoms with Crippen molar-refractivity contribution in [3.63, 3.8) is 0 Å². The van der Waals surface area contributed by atoms with Crippen molar-refractivity contribution in [2.24, 2.45) is 5.73 Å². The molecule has 1 fully saturated rings. The van der Waals surface area contributed by atoms with Crippen LogP contribution in [-0.2, 0) is 9.53 Å². The van der Waals surface area contributed by atoms with Gasteiger partial charge in [0.25, 0.3) is 0 Å². The SMILES string of the molecule is NC(=O)N(C=O)[C@@H]1O[C@H](CO)[C@@H](O)[C@@H]1O. The molecule has 0 radical (unpaired) electrons. The number of hydrogen-bond acceptors (Lipinski definition) is 6.